The highest BCUT2D eigenvalue weighted by atomic mass is 16.6. The SMILES string of the molecule is C[C@H](O)c1ccc(N2CCCC(C)(O)C2)c([N+](=O)[O-])c1. The molecule has 6 nitrogen and oxygen atoms in total. The van der Waals surface area contributed by atoms with Crippen molar-refractivity contribution >= 4 is 11.4 Å². The van der Waals surface area contributed by atoms with Crippen LogP contribution in [0.25, 0.3) is 0 Å². The molecule has 1 saturated heterocycles. The fourth-order valence-electron chi connectivity index (χ4n) is 2.64. The van der Waals surface area contributed by atoms with Crippen molar-refractivity contribution in [2.45, 2.75) is 38.4 Å². The van der Waals surface area contributed by atoms with Crippen LogP contribution < -0.4 is 4.90 Å². The van der Waals surface area contributed by atoms with E-state index in [0.717, 1.165) is 6.42 Å². The Balaban J connectivity index is 2.38. The van der Waals surface area contributed by atoms with E-state index in [4.69, 9.17) is 0 Å². The van der Waals surface area contributed by atoms with Gasteiger partial charge in [-0.3, -0.25) is 10.1 Å². The summed E-state index contributed by atoms with van der Waals surface area (Å²) in [5.74, 6) is 0. The summed E-state index contributed by atoms with van der Waals surface area (Å²) in [5, 5.41) is 30.9. The van der Waals surface area contributed by atoms with Gasteiger partial charge in [-0.1, -0.05) is 6.07 Å². The van der Waals surface area contributed by atoms with Crippen molar-refractivity contribution in [2.75, 3.05) is 18.0 Å². The Bertz CT molecular complexity index is 514. The van der Waals surface area contributed by atoms with Crippen molar-refractivity contribution in [3.63, 3.8) is 0 Å². The standard InChI is InChI=1S/C14H20N2O4/c1-10(17)11-4-5-12(13(8-11)16(19)20)15-7-3-6-14(2,18)9-15/h4-5,8,10,17-18H,3,6-7,9H2,1-2H3/t10-,14?/m0/s1. The van der Waals surface area contributed by atoms with Gasteiger partial charge >= 0.3 is 0 Å². The number of aliphatic hydroxyl groups excluding tert-OH is 1. The third-order valence-corrected chi connectivity index (χ3v) is 3.69. The summed E-state index contributed by atoms with van der Waals surface area (Å²) in [7, 11) is 0. The lowest BCUT2D eigenvalue weighted by Crippen LogP contribution is -2.46. The average molecular weight is 280 g/mol. The Morgan fingerprint density at radius 1 is 1.50 bits per heavy atom. The number of hydrogen-bond acceptors (Lipinski definition) is 5. The van der Waals surface area contributed by atoms with E-state index in [1.165, 1.54) is 6.07 Å². The quantitative estimate of drug-likeness (QED) is 0.653. The van der Waals surface area contributed by atoms with Gasteiger partial charge in [0.2, 0.25) is 0 Å². The molecule has 2 N–H and O–H groups in total. The maximum atomic E-state index is 11.2. The lowest BCUT2D eigenvalue weighted by molar-refractivity contribution is -0.384. The molecule has 0 saturated carbocycles. The van der Waals surface area contributed by atoms with Crippen molar-refractivity contribution < 1.29 is 15.1 Å². The third-order valence-electron chi connectivity index (χ3n) is 3.69. The Kier molecular flexibility index (Phi) is 3.96. The number of nitro benzene ring substituents is 1. The highest BCUT2D eigenvalue weighted by Gasteiger charge is 2.31. The number of benzene rings is 1. The summed E-state index contributed by atoms with van der Waals surface area (Å²) >= 11 is 0. The number of β-amino-alcohol motifs (C(OH)–C–C–N with tert-alkyl or cyclic N) is 1. The monoisotopic (exact) mass is 280 g/mol. The zero-order chi connectivity index (χ0) is 14.9. The van der Waals surface area contributed by atoms with E-state index >= 15 is 0 Å². The average Bonchev–Trinajstić information content (AvgIpc) is 2.36. The van der Waals surface area contributed by atoms with Gasteiger partial charge in [0.25, 0.3) is 5.69 Å². The van der Waals surface area contributed by atoms with Gasteiger partial charge in [-0.15, -0.1) is 0 Å². The molecule has 1 aromatic rings. The maximum Gasteiger partial charge on any atom is 0.292 e. The van der Waals surface area contributed by atoms with E-state index in [0.29, 0.717) is 30.8 Å². The molecule has 110 valence electrons. The molecule has 1 heterocycles. The van der Waals surface area contributed by atoms with Gasteiger partial charge in [-0.2, -0.15) is 0 Å². The Hall–Kier alpha value is -1.66. The molecule has 1 fully saturated rings. The van der Waals surface area contributed by atoms with Crippen LogP contribution in [-0.4, -0.2) is 33.8 Å². The minimum atomic E-state index is -0.824. The number of nitrogens with zero attached hydrogens (tertiary/aromatic N) is 2. The first-order chi connectivity index (χ1) is 9.30. The first-order valence-electron chi connectivity index (χ1n) is 6.74. The van der Waals surface area contributed by atoms with Crippen molar-refractivity contribution in [1.82, 2.24) is 0 Å². The number of anilines is 1. The molecule has 20 heavy (non-hydrogen) atoms. The normalized spacial score (nSPS) is 24.5. The van der Waals surface area contributed by atoms with Crippen molar-refractivity contribution in [1.29, 1.82) is 0 Å². The molecule has 1 unspecified atom stereocenters. The largest absolute Gasteiger partial charge is 0.389 e. The van der Waals surface area contributed by atoms with E-state index in [-0.39, 0.29) is 5.69 Å². The van der Waals surface area contributed by atoms with E-state index in [1.54, 1.807) is 26.0 Å². The second kappa shape index (κ2) is 5.38. The first kappa shape index (κ1) is 14.7. The third kappa shape index (κ3) is 3.08. The predicted octanol–water partition coefficient (Wildman–Crippen LogP) is 2.00. The second-order valence-electron chi connectivity index (χ2n) is 5.70. The molecule has 0 aromatic heterocycles. The number of rotatable bonds is 3. The molecule has 0 spiro atoms. The molecule has 6 heteroatoms. The maximum absolute atomic E-state index is 11.2. The molecule has 1 aliphatic rings. The van der Waals surface area contributed by atoms with Crippen LogP contribution in [0.3, 0.4) is 0 Å². The highest BCUT2D eigenvalue weighted by Crippen LogP contribution is 2.34. The first-order valence-corrected chi connectivity index (χ1v) is 6.74. The van der Waals surface area contributed by atoms with Crippen LogP contribution in [-0.2, 0) is 0 Å². The smallest absolute Gasteiger partial charge is 0.292 e. The summed E-state index contributed by atoms with van der Waals surface area (Å²) in [5.41, 5.74) is 0.166. The van der Waals surface area contributed by atoms with Crippen molar-refractivity contribution in [2.24, 2.45) is 0 Å². The fraction of sp³-hybridized carbons (Fsp3) is 0.571. The lowest BCUT2D eigenvalue weighted by Gasteiger charge is -2.38. The second-order valence-corrected chi connectivity index (χ2v) is 5.70. The Morgan fingerprint density at radius 2 is 2.20 bits per heavy atom. The van der Waals surface area contributed by atoms with Gasteiger partial charge < -0.3 is 15.1 Å². The number of nitro groups is 1. The van der Waals surface area contributed by atoms with Gasteiger partial charge in [-0.05, 0) is 38.3 Å². The van der Waals surface area contributed by atoms with Crippen LogP contribution in [0.4, 0.5) is 11.4 Å². The van der Waals surface area contributed by atoms with Crippen LogP contribution in [0, 0.1) is 10.1 Å². The molecular weight excluding hydrogens is 260 g/mol. The predicted molar refractivity (Wildman–Crippen MR) is 75.8 cm³/mol. The van der Waals surface area contributed by atoms with Crippen molar-refractivity contribution in [3.05, 3.63) is 33.9 Å². The number of aliphatic hydroxyl groups is 2. The summed E-state index contributed by atoms with van der Waals surface area (Å²) in [6, 6.07) is 4.75. The van der Waals surface area contributed by atoms with Crippen molar-refractivity contribution in [3.8, 4) is 0 Å². The topological polar surface area (TPSA) is 86.8 Å². The number of hydrogen-bond donors (Lipinski definition) is 2. The summed E-state index contributed by atoms with van der Waals surface area (Å²) in [6.45, 7) is 4.38. The fourth-order valence-corrected chi connectivity index (χ4v) is 2.64. The van der Waals surface area contributed by atoms with Crippen LogP contribution in [0.5, 0.6) is 0 Å². The molecule has 0 radical (unpaired) electrons. The number of piperidine rings is 1. The van der Waals surface area contributed by atoms with Gasteiger partial charge in [0.15, 0.2) is 0 Å². The zero-order valence-electron chi connectivity index (χ0n) is 11.7. The lowest BCUT2D eigenvalue weighted by atomic mass is 9.94. The highest BCUT2D eigenvalue weighted by molar-refractivity contribution is 5.65. The summed E-state index contributed by atoms with van der Waals surface area (Å²) < 4.78 is 0. The van der Waals surface area contributed by atoms with Gasteiger partial charge in [-0.25, -0.2) is 0 Å². The van der Waals surface area contributed by atoms with Crippen LogP contribution in [0.2, 0.25) is 0 Å². The molecule has 0 aliphatic carbocycles. The molecule has 0 bridgehead atoms. The molecular formula is C14H20N2O4. The van der Waals surface area contributed by atoms with E-state index < -0.39 is 16.6 Å². The minimum absolute atomic E-state index is 0.0268. The molecule has 2 rings (SSSR count). The minimum Gasteiger partial charge on any atom is -0.389 e. The molecule has 1 aliphatic heterocycles. The van der Waals surface area contributed by atoms with E-state index in [9.17, 15) is 20.3 Å². The molecule has 2 atom stereocenters. The Morgan fingerprint density at radius 3 is 2.75 bits per heavy atom. The Labute approximate surface area is 117 Å². The van der Waals surface area contributed by atoms with Gasteiger partial charge in [0.05, 0.1) is 16.6 Å². The van der Waals surface area contributed by atoms with Crippen LogP contribution in [0.1, 0.15) is 38.4 Å². The van der Waals surface area contributed by atoms with Crippen LogP contribution in [0.15, 0.2) is 18.2 Å². The van der Waals surface area contributed by atoms with Gasteiger partial charge in [0, 0.05) is 19.2 Å². The van der Waals surface area contributed by atoms with E-state index in [2.05, 4.69) is 0 Å². The van der Waals surface area contributed by atoms with E-state index in [1.807, 2.05) is 4.90 Å². The molecule has 0 amide bonds. The molecule has 1 aromatic carbocycles. The summed E-state index contributed by atoms with van der Waals surface area (Å²) in [4.78, 5) is 12.6. The summed E-state index contributed by atoms with van der Waals surface area (Å²) in [6.07, 6.45) is 0.748. The van der Waals surface area contributed by atoms with Gasteiger partial charge in [0.1, 0.15) is 5.69 Å². The van der Waals surface area contributed by atoms with Crippen LogP contribution >= 0.6 is 0 Å². The zero-order valence-corrected chi connectivity index (χ0v) is 11.7.